The van der Waals surface area contributed by atoms with E-state index in [1.807, 2.05) is 0 Å². The number of halogens is 1. The minimum atomic E-state index is -0.200. The van der Waals surface area contributed by atoms with Crippen LogP contribution in [0.5, 0.6) is 11.5 Å². The van der Waals surface area contributed by atoms with Crippen LogP contribution in [0.3, 0.4) is 0 Å². The zero-order valence-corrected chi connectivity index (χ0v) is 13.1. The predicted molar refractivity (Wildman–Crippen MR) is 78.3 cm³/mol. The Kier molecular flexibility index (Phi) is 4.55. The van der Waals surface area contributed by atoms with Crippen molar-refractivity contribution in [2.75, 3.05) is 27.4 Å². The molecule has 0 bridgehead atoms. The molecule has 0 radical (unpaired) electrons. The molecule has 0 atom stereocenters. The maximum Gasteiger partial charge on any atom is 0.251 e. The Balaban J connectivity index is 2.13. The zero-order chi connectivity index (χ0) is 14.8. The van der Waals surface area contributed by atoms with Crippen molar-refractivity contribution >= 4 is 21.8 Å². The highest BCUT2D eigenvalue weighted by Gasteiger charge is 2.42. The van der Waals surface area contributed by atoms with Gasteiger partial charge in [-0.3, -0.25) is 4.79 Å². The number of carbonyl (C=O) groups excluding carboxylic acids is 1. The van der Waals surface area contributed by atoms with Crippen molar-refractivity contribution < 1.29 is 19.4 Å². The highest BCUT2D eigenvalue weighted by atomic mass is 79.9. The summed E-state index contributed by atoms with van der Waals surface area (Å²) < 4.78 is 11.1. The molecule has 1 amide bonds. The molecule has 0 saturated heterocycles. The average molecular weight is 344 g/mol. The summed E-state index contributed by atoms with van der Waals surface area (Å²) in [6.07, 6.45) is 1.91. The van der Waals surface area contributed by atoms with Crippen molar-refractivity contribution in [2.45, 2.75) is 12.8 Å². The number of methoxy groups -OCH3 is 2. The van der Waals surface area contributed by atoms with Crippen LogP contribution < -0.4 is 14.8 Å². The summed E-state index contributed by atoms with van der Waals surface area (Å²) in [5.74, 6) is 0.879. The number of aliphatic hydroxyl groups excluding tert-OH is 1. The van der Waals surface area contributed by atoms with Crippen LogP contribution in [0.2, 0.25) is 0 Å². The molecule has 2 N–H and O–H groups in total. The fourth-order valence-corrected chi connectivity index (χ4v) is 2.49. The summed E-state index contributed by atoms with van der Waals surface area (Å²) in [6, 6.07) is 3.31. The molecule has 0 aliphatic heterocycles. The fourth-order valence-electron chi connectivity index (χ4n) is 1.94. The summed E-state index contributed by atoms with van der Waals surface area (Å²) in [4.78, 5) is 12.2. The largest absolute Gasteiger partial charge is 0.495 e. The number of carbonyl (C=O) groups is 1. The molecule has 5 nitrogen and oxygen atoms in total. The van der Waals surface area contributed by atoms with Crippen molar-refractivity contribution in [2.24, 2.45) is 5.41 Å². The summed E-state index contributed by atoms with van der Waals surface area (Å²) in [5, 5.41) is 12.1. The van der Waals surface area contributed by atoms with E-state index in [1.54, 1.807) is 12.1 Å². The molecular weight excluding hydrogens is 326 g/mol. The van der Waals surface area contributed by atoms with Gasteiger partial charge in [-0.25, -0.2) is 0 Å². The highest BCUT2D eigenvalue weighted by Crippen LogP contribution is 2.44. The molecule has 20 heavy (non-hydrogen) atoms. The van der Waals surface area contributed by atoms with Gasteiger partial charge in [-0.2, -0.15) is 0 Å². The average Bonchev–Trinajstić information content (AvgIpc) is 3.25. The van der Waals surface area contributed by atoms with Crippen LogP contribution in [-0.2, 0) is 0 Å². The van der Waals surface area contributed by atoms with Crippen LogP contribution in [-0.4, -0.2) is 38.4 Å². The van der Waals surface area contributed by atoms with Crippen LogP contribution in [0.4, 0.5) is 0 Å². The van der Waals surface area contributed by atoms with E-state index in [1.165, 1.54) is 14.2 Å². The normalized spacial score (nSPS) is 15.6. The number of benzene rings is 1. The number of hydrogen-bond acceptors (Lipinski definition) is 4. The number of ether oxygens (including phenoxy) is 2. The van der Waals surface area contributed by atoms with Gasteiger partial charge in [0.15, 0.2) is 0 Å². The standard InChI is InChI=1S/C14H18BrNO4/c1-19-10-5-9(6-11(20-2)12(10)15)13(18)16-7-14(8-17)3-4-14/h5-6,17H,3-4,7-8H2,1-2H3,(H,16,18). The second kappa shape index (κ2) is 6.01. The van der Waals surface area contributed by atoms with E-state index < -0.39 is 0 Å². The Morgan fingerprint density at radius 3 is 2.30 bits per heavy atom. The Labute approximate surface area is 126 Å². The van der Waals surface area contributed by atoms with E-state index in [9.17, 15) is 9.90 Å². The van der Waals surface area contributed by atoms with Crippen molar-refractivity contribution in [3.05, 3.63) is 22.2 Å². The topological polar surface area (TPSA) is 67.8 Å². The summed E-state index contributed by atoms with van der Waals surface area (Å²) in [5.41, 5.74) is 0.356. The third kappa shape index (κ3) is 3.07. The van der Waals surface area contributed by atoms with Gasteiger partial charge >= 0.3 is 0 Å². The smallest absolute Gasteiger partial charge is 0.251 e. The minimum absolute atomic E-state index is 0.111. The van der Waals surface area contributed by atoms with Crippen LogP contribution in [0.25, 0.3) is 0 Å². The van der Waals surface area contributed by atoms with Gasteiger partial charge in [0.1, 0.15) is 16.0 Å². The van der Waals surface area contributed by atoms with Crippen molar-refractivity contribution in [1.29, 1.82) is 0 Å². The Morgan fingerprint density at radius 2 is 1.90 bits per heavy atom. The van der Waals surface area contributed by atoms with Crippen LogP contribution in [0, 0.1) is 5.41 Å². The molecule has 1 aliphatic carbocycles. The van der Waals surface area contributed by atoms with Gasteiger partial charge in [-0.1, -0.05) is 0 Å². The van der Waals surface area contributed by atoms with Gasteiger partial charge in [-0.15, -0.1) is 0 Å². The Morgan fingerprint density at radius 1 is 1.35 bits per heavy atom. The lowest BCUT2D eigenvalue weighted by Crippen LogP contribution is -2.31. The fraction of sp³-hybridized carbons (Fsp3) is 0.500. The lowest BCUT2D eigenvalue weighted by Gasteiger charge is -2.14. The highest BCUT2D eigenvalue weighted by molar-refractivity contribution is 9.10. The van der Waals surface area contributed by atoms with Gasteiger partial charge < -0.3 is 19.9 Å². The summed E-state index contributed by atoms with van der Waals surface area (Å²) in [7, 11) is 3.07. The maximum absolute atomic E-state index is 12.2. The van der Waals surface area contributed by atoms with Crippen molar-refractivity contribution in [3.8, 4) is 11.5 Å². The molecule has 1 saturated carbocycles. The third-order valence-electron chi connectivity index (χ3n) is 3.62. The molecule has 1 aromatic rings. The molecule has 0 unspecified atom stereocenters. The molecule has 1 fully saturated rings. The lowest BCUT2D eigenvalue weighted by atomic mass is 10.1. The number of aliphatic hydroxyl groups is 1. The quantitative estimate of drug-likeness (QED) is 0.828. The molecule has 1 aliphatic rings. The van der Waals surface area contributed by atoms with Crippen molar-refractivity contribution in [3.63, 3.8) is 0 Å². The van der Waals surface area contributed by atoms with Crippen molar-refractivity contribution in [1.82, 2.24) is 5.32 Å². The molecule has 2 rings (SSSR count). The monoisotopic (exact) mass is 343 g/mol. The van der Waals surface area contributed by atoms with E-state index >= 15 is 0 Å². The van der Waals surface area contributed by atoms with Gasteiger partial charge in [0, 0.05) is 17.5 Å². The summed E-state index contributed by atoms with van der Waals surface area (Å²) in [6.45, 7) is 0.600. The lowest BCUT2D eigenvalue weighted by molar-refractivity contribution is 0.0934. The van der Waals surface area contributed by atoms with E-state index in [-0.39, 0.29) is 17.9 Å². The number of rotatable bonds is 6. The zero-order valence-electron chi connectivity index (χ0n) is 11.5. The Hall–Kier alpha value is -1.27. The van der Waals surface area contributed by atoms with Crippen LogP contribution >= 0.6 is 15.9 Å². The SMILES string of the molecule is COc1cc(C(=O)NCC2(CO)CC2)cc(OC)c1Br. The molecular formula is C14H18BrNO4. The maximum atomic E-state index is 12.2. The second-order valence-corrected chi connectivity index (χ2v) is 5.83. The predicted octanol–water partition coefficient (Wildman–Crippen LogP) is 1.97. The third-order valence-corrected chi connectivity index (χ3v) is 4.41. The van der Waals surface area contributed by atoms with E-state index in [2.05, 4.69) is 21.2 Å². The van der Waals surface area contributed by atoms with E-state index in [4.69, 9.17) is 9.47 Å². The van der Waals surface area contributed by atoms with Crippen LogP contribution in [0.1, 0.15) is 23.2 Å². The van der Waals surface area contributed by atoms with Gasteiger partial charge in [0.2, 0.25) is 0 Å². The summed E-state index contributed by atoms with van der Waals surface area (Å²) >= 11 is 3.36. The first kappa shape index (κ1) is 15.1. The van der Waals surface area contributed by atoms with Gasteiger partial charge in [-0.05, 0) is 40.9 Å². The second-order valence-electron chi connectivity index (χ2n) is 5.04. The first-order chi connectivity index (χ1) is 9.55. The first-order valence-corrected chi connectivity index (χ1v) is 7.15. The molecule has 0 heterocycles. The van der Waals surface area contributed by atoms with Gasteiger partial charge in [0.05, 0.1) is 20.8 Å². The molecule has 110 valence electrons. The number of hydrogen-bond donors (Lipinski definition) is 2. The number of amides is 1. The molecule has 6 heteroatoms. The van der Waals surface area contributed by atoms with Gasteiger partial charge in [0.25, 0.3) is 5.91 Å². The number of nitrogens with one attached hydrogen (secondary N) is 1. The molecule has 0 spiro atoms. The van der Waals surface area contributed by atoms with E-state index in [0.29, 0.717) is 28.1 Å². The Bertz CT molecular complexity index is 489. The first-order valence-electron chi connectivity index (χ1n) is 6.36. The molecule has 0 aromatic heterocycles. The molecule has 1 aromatic carbocycles. The van der Waals surface area contributed by atoms with E-state index in [0.717, 1.165) is 12.8 Å². The van der Waals surface area contributed by atoms with Crippen LogP contribution in [0.15, 0.2) is 16.6 Å². The minimum Gasteiger partial charge on any atom is -0.495 e.